The van der Waals surface area contributed by atoms with E-state index in [0.717, 1.165) is 12.0 Å². The number of rotatable bonds is 8. The van der Waals surface area contributed by atoms with Crippen molar-refractivity contribution >= 4 is 11.8 Å². The Balaban J connectivity index is 2.41. The fraction of sp³-hybridized carbons (Fsp3) is 0.467. The van der Waals surface area contributed by atoms with E-state index in [1.54, 1.807) is 0 Å². The van der Waals surface area contributed by atoms with Crippen molar-refractivity contribution in [3.05, 3.63) is 35.9 Å². The van der Waals surface area contributed by atoms with Crippen LogP contribution in [-0.4, -0.2) is 40.3 Å². The van der Waals surface area contributed by atoms with Crippen molar-refractivity contribution in [2.75, 3.05) is 0 Å². The Morgan fingerprint density at radius 2 is 1.91 bits per heavy atom. The minimum atomic E-state index is -1.21. The first-order valence-electron chi connectivity index (χ1n) is 7.15. The third-order valence-corrected chi connectivity index (χ3v) is 3.29. The van der Waals surface area contributed by atoms with Gasteiger partial charge in [0.2, 0.25) is 5.91 Å². The summed E-state index contributed by atoms with van der Waals surface area (Å²) >= 11 is 0. The predicted octanol–water partition coefficient (Wildman–Crippen LogP) is -0.292. The summed E-state index contributed by atoms with van der Waals surface area (Å²) in [5.74, 6) is -1.32. The SMILES string of the molecule is CC(O)C(NC(=O)C[C@@H](N)CCc1ccccc1)C(=O)NO. The zero-order chi connectivity index (χ0) is 16.5. The predicted molar refractivity (Wildman–Crippen MR) is 80.9 cm³/mol. The summed E-state index contributed by atoms with van der Waals surface area (Å²) < 4.78 is 0. The molecule has 0 aliphatic heterocycles. The van der Waals surface area contributed by atoms with Crippen molar-refractivity contribution in [3.8, 4) is 0 Å². The van der Waals surface area contributed by atoms with E-state index < -0.39 is 24.0 Å². The zero-order valence-electron chi connectivity index (χ0n) is 12.5. The molecule has 0 saturated carbocycles. The molecule has 0 aliphatic carbocycles. The van der Waals surface area contributed by atoms with Crippen LogP contribution in [0, 0.1) is 0 Å². The Bertz CT molecular complexity index is 479. The van der Waals surface area contributed by atoms with Gasteiger partial charge in [0, 0.05) is 12.5 Å². The van der Waals surface area contributed by atoms with E-state index in [2.05, 4.69) is 5.32 Å². The van der Waals surface area contributed by atoms with E-state index >= 15 is 0 Å². The number of carbonyl (C=O) groups is 2. The molecule has 0 radical (unpaired) electrons. The molecule has 2 unspecified atom stereocenters. The number of hydrogen-bond donors (Lipinski definition) is 5. The molecule has 0 saturated heterocycles. The maximum atomic E-state index is 11.8. The number of hydroxylamine groups is 1. The first-order chi connectivity index (χ1) is 10.4. The van der Waals surface area contributed by atoms with Crippen molar-refractivity contribution in [3.63, 3.8) is 0 Å². The highest BCUT2D eigenvalue weighted by molar-refractivity contribution is 5.87. The molecular weight excluding hydrogens is 286 g/mol. The van der Waals surface area contributed by atoms with Gasteiger partial charge in [-0.3, -0.25) is 14.8 Å². The molecule has 1 rings (SSSR count). The number of benzene rings is 1. The van der Waals surface area contributed by atoms with Crippen LogP contribution in [0.2, 0.25) is 0 Å². The number of aryl methyl sites for hydroxylation is 1. The lowest BCUT2D eigenvalue weighted by Crippen LogP contribution is -2.52. The standard InChI is InChI=1S/C15H23N3O4/c1-10(19)14(15(21)18-22)17-13(20)9-12(16)8-7-11-5-3-2-4-6-11/h2-6,10,12,14,19,22H,7-9,16H2,1H3,(H,17,20)(H,18,21)/t10?,12-,14?/m0/s1. The number of amides is 2. The molecule has 122 valence electrons. The van der Waals surface area contributed by atoms with Gasteiger partial charge in [-0.05, 0) is 25.3 Å². The van der Waals surface area contributed by atoms with Gasteiger partial charge in [-0.1, -0.05) is 30.3 Å². The number of carbonyl (C=O) groups excluding carboxylic acids is 2. The maximum Gasteiger partial charge on any atom is 0.268 e. The number of aliphatic hydroxyl groups is 1. The van der Waals surface area contributed by atoms with Crippen molar-refractivity contribution < 1.29 is 19.9 Å². The molecular formula is C15H23N3O4. The lowest BCUT2D eigenvalue weighted by atomic mass is 10.0. The molecule has 0 heterocycles. The van der Waals surface area contributed by atoms with Gasteiger partial charge in [-0.2, -0.15) is 0 Å². The van der Waals surface area contributed by atoms with Crippen molar-refractivity contribution in [2.45, 2.75) is 44.4 Å². The Morgan fingerprint density at radius 3 is 2.45 bits per heavy atom. The lowest BCUT2D eigenvalue weighted by molar-refractivity contribution is -0.137. The average Bonchev–Trinajstić information content (AvgIpc) is 2.50. The van der Waals surface area contributed by atoms with E-state index in [9.17, 15) is 14.7 Å². The number of nitrogens with one attached hydrogen (secondary N) is 2. The molecule has 1 aromatic rings. The van der Waals surface area contributed by atoms with Crippen molar-refractivity contribution in [1.29, 1.82) is 0 Å². The zero-order valence-corrected chi connectivity index (χ0v) is 12.5. The minimum Gasteiger partial charge on any atom is -0.391 e. The fourth-order valence-corrected chi connectivity index (χ4v) is 2.04. The largest absolute Gasteiger partial charge is 0.391 e. The van der Waals surface area contributed by atoms with E-state index in [4.69, 9.17) is 10.9 Å². The Morgan fingerprint density at radius 1 is 1.27 bits per heavy atom. The third-order valence-electron chi connectivity index (χ3n) is 3.29. The summed E-state index contributed by atoms with van der Waals surface area (Å²) in [7, 11) is 0. The van der Waals surface area contributed by atoms with Crippen LogP contribution < -0.4 is 16.5 Å². The highest BCUT2D eigenvalue weighted by Crippen LogP contribution is 2.06. The molecule has 0 fully saturated rings. The Kier molecular flexibility index (Phi) is 7.51. The second-order valence-electron chi connectivity index (χ2n) is 5.25. The highest BCUT2D eigenvalue weighted by Gasteiger charge is 2.25. The average molecular weight is 309 g/mol. The minimum absolute atomic E-state index is 0.0365. The quantitative estimate of drug-likeness (QED) is 0.333. The van der Waals surface area contributed by atoms with Gasteiger partial charge in [-0.15, -0.1) is 0 Å². The molecule has 0 bridgehead atoms. The summed E-state index contributed by atoms with van der Waals surface area (Å²) in [6.07, 6.45) is 0.293. The second-order valence-corrected chi connectivity index (χ2v) is 5.25. The van der Waals surface area contributed by atoms with Crippen LogP contribution in [0.4, 0.5) is 0 Å². The number of aliphatic hydroxyl groups excluding tert-OH is 1. The fourth-order valence-electron chi connectivity index (χ4n) is 2.04. The van der Waals surface area contributed by atoms with Gasteiger partial charge in [0.15, 0.2) is 0 Å². The smallest absolute Gasteiger partial charge is 0.268 e. The number of hydrogen-bond acceptors (Lipinski definition) is 5. The van der Waals surface area contributed by atoms with Gasteiger partial charge in [0.1, 0.15) is 6.04 Å². The van der Waals surface area contributed by atoms with Gasteiger partial charge in [0.05, 0.1) is 6.10 Å². The van der Waals surface area contributed by atoms with E-state index in [1.165, 1.54) is 12.4 Å². The molecule has 22 heavy (non-hydrogen) atoms. The van der Waals surface area contributed by atoms with Gasteiger partial charge in [0.25, 0.3) is 5.91 Å². The van der Waals surface area contributed by atoms with Crippen LogP contribution in [-0.2, 0) is 16.0 Å². The summed E-state index contributed by atoms with van der Waals surface area (Å²) in [5, 5.41) is 20.4. The monoisotopic (exact) mass is 309 g/mol. The Labute approximate surface area is 129 Å². The first kappa shape index (κ1) is 18.1. The summed E-state index contributed by atoms with van der Waals surface area (Å²) in [6, 6.07) is 8.22. The molecule has 2 amide bonds. The van der Waals surface area contributed by atoms with E-state index in [1.807, 2.05) is 30.3 Å². The molecule has 1 aromatic carbocycles. The molecule has 0 aromatic heterocycles. The van der Waals surface area contributed by atoms with Crippen LogP contribution in [0.3, 0.4) is 0 Å². The second kappa shape index (κ2) is 9.14. The maximum absolute atomic E-state index is 11.8. The van der Waals surface area contributed by atoms with Crippen LogP contribution in [0.1, 0.15) is 25.3 Å². The summed E-state index contributed by atoms with van der Waals surface area (Å²) in [4.78, 5) is 23.2. The van der Waals surface area contributed by atoms with Crippen LogP contribution >= 0.6 is 0 Å². The molecule has 0 spiro atoms. The van der Waals surface area contributed by atoms with Gasteiger partial charge in [-0.25, -0.2) is 5.48 Å². The normalized spacial score (nSPS) is 14.7. The van der Waals surface area contributed by atoms with Gasteiger partial charge >= 0.3 is 0 Å². The lowest BCUT2D eigenvalue weighted by Gasteiger charge is -2.20. The topological polar surface area (TPSA) is 125 Å². The molecule has 7 heteroatoms. The van der Waals surface area contributed by atoms with Crippen LogP contribution in [0.15, 0.2) is 30.3 Å². The summed E-state index contributed by atoms with van der Waals surface area (Å²) in [5.41, 5.74) is 8.46. The highest BCUT2D eigenvalue weighted by atomic mass is 16.5. The van der Waals surface area contributed by atoms with Gasteiger partial charge < -0.3 is 16.2 Å². The summed E-state index contributed by atoms with van der Waals surface area (Å²) in [6.45, 7) is 1.34. The van der Waals surface area contributed by atoms with E-state index in [0.29, 0.717) is 6.42 Å². The molecule has 0 aliphatic rings. The van der Waals surface area contributed by atoms with Crippen LogP contribution in [0.25, 0.3) is 0 Å². The van der Waals surface area contributed by atoms with Crippen molar-refractivity contribution in [1.82, 2.24) is 10.8 Å². The Hall–Kier alpha value is -1.96. The van der Waals surface area contributed by atoms with E-state index in [-0.39, 0.29) is 12.5 Å². The molecule has 6 N–H and O–H groups in total. The first-order valence-corrected chi connectivity index (χ1v) is 7.15. The van der Waals surface area contributed by atoms with Crippen molar-refractivity contribution in [2.24, 2.45) is 5.73 Å². The molecule has 7 nitrogen and oxygen atoms in total. The third kappa shape index (κ3) is 6.21. The molecule has 3 atom stereocenters. The number of nitrogens with two attached hydrogens (primary N) is 1. The van der Waals surface area contributed by atoms with Crippen LogP contribution in [0.5, 0.6) is 0 Å².